The van der Waals surface area contributed by atoms with Crippen molar-refractivity contribution in [3.8, 4) is 0 Å². The lowest BCUT2D eigenvalue weighted by molar-refractivity contribution is -0.128. The number of fused-ring (bicyclic) bond motifs is 1. The zero-order valence-corrected chi connectivity index (χ0v) is 11.8. The average Bonchev–Trinajstić information content (AvgIpc) is 2.87. The molecule has 1 atom stereocenters. The number of piperidine rings is 1. The predicted octanol–water partition coefficient (Wildman–Crippen LogP) is 2.68. The van der Waals surface area contributed by atoms with E-state index >= 15 is 0 Å². The molecule has 1 aromatic rings. The van der Waals surface area contributed by atoms with Crippen LogP contribution < -0.4 is 5.32 Å². The smallest absolute Gasteiger partial charge is 0.144 e. The fourth-order valence-corrected chi connectivity index (χ4v) is 3.43. The van der Waals surface area contributed by atoms with Gasteiger partial charge in [-0.05, 0) is 55.3 Å². The number of benzene rings is 1. The highest BCUT2D eigenvalue weighted by Gasteiger charge is 2.34. The van der Waals surface area contributed by atoms with Crippen LogP contribution in [0.3, 0.4) is 0 Å². The van der Waals surface area contributed by atoms with Crippen molar-refractivity contribution in [3.63, 3.8) is 0 Å². The van der Waals surface area contributed by atoms with Gasteiger partial charge >= 0.3 is 0 Å². The first-order chi connectivity index (χ1) is 9.17. The molecule has 3 rings (SSSR count). The monoisotopic (exact) mass is 257 g/mol. The summed E-state index contributed by atoms with van der Waals surface area (Å²) in [4.78, 5) is 12.5. The van der Waals surface area contributed by atoms with Crippen LogP contribution in [-0.4, -0.2) is 18.9 Å². The van der Waals surface area contributed by atoms with Crippen LogP contribution in [0.5, 0.6) is 0 Å². The van der Waals surface area contributed by atoms with Crippen LogP contribution in [0.4, 0.5) is 0 Å². The number of hydrogen-bond acceptors (Lipinski definition) is 2. The van der Waals surface area contributed by atoms with Crippen molar-refractivity contribution in [1.29, 1.82) is 0 Å². The van der Waals surface area contributed by atoms with Gasteiger partial charge in [0, 0.05) is 18.4 Å². The molecule has 1 fully saturated rings. The summed E-state index contributed by atoms with van der Waals surface area (Å²) in [6.45, 7) is 4.02. The van der Waals surface area contributed by atoms with Crippen molar-refractivity contribution in [1.82, 2.24) is 5.32 Å². The van der Waals surface area contributed by atoms with Gasteiger partial charge in [0.15, 0.2) is 0 Å². The van der Waals surface area contributed by atoms with E-state index in [0.717, 1.165) is 25.9 Å². The third kappa shape index (κ3) is 2.59. The molecule has 1 heterocycles. The van der Waals surface area contributed by atoms with Gasteiger partial charge in [0.1, 0.15) is 5.78 Å². The van der Waals surface area contributed by atoms with E-state index in [2.05, 4.69) is 30.4 Å². The maximum absolute atomic E-state index is 12.5. The Labute approximate surface area is 115 Å². The summed E-state index contributed by atoms with van der Waals surface area (Å²) in [6, 6.07) is 6.65. The van der Waals surface area contributed by atoms with Crippen LogP contribution in [-0.2, 0) is 24.1 Å². The normalized spacial score (nSPS) is 26.2. The molecule has 2 heteroatoms. The molecule has 2 aliphatic rings. The highest BCUT2D eigenvalue weighted by Crippen LogP contribution is 2.29. The topological polar surface area (TPSA) is 29.1 Å². The standard InChI is InChI=1S/C17H23NO/c1-17(8-3-9-18-12-17)16(19)11-13-6-7-14-4-2-5-15(14)10-13/h6-7,10,18H,2-5,8-9,11-12H2,1H3. The SMILES string of the molecule is CC1(C(=O)Cc2ccc3c(c2)CCC3)CCCNC1. The molecule has 102 valence electrons. The third-order valence-corrected chi connectivity index (χ3v) is 4.80. The van der Waals surface area contributed by atoms with Gasteiger partial charge in [0.2, 0.25) is 0 Å². The molecule has 0 amide bonds. The van der Waals surface area contributed by atoms with Crippen molar-refractivity contribution in [2.45, 2.75) is 45.4 Å². The first-order valence-corrected chi connectivity index (χ1v) is 7.52. The first-order valence-electron chi connectivity index (χ1n) is 7.52. The predicted molar refractivity (Wildman–Crippen MR) is 77.4 cm³/mol. The van der Waals surface area contributed by atoms with E-state index < -0.39 is 0 Å². The summed E-state index contributed by atoms with van der Waals surface area (Å²) < 4.78 is 0. The fourth-order valence-electron chi connectivity index (χ4n) is 3.43. The Kier molecular flexibility index (Phi) is 3.44. The molecule has 1 aliphatic heterocycles. The lowest BCUT2D eigenvalue weighted by Gasteiger charge is -2.32. The second kappa shape index (κ2) is 5.09. The number of nitrogens with one attached hydrogen (secondary N) is 1. The summed E-state index contributed by atoms with van der Waals surface area (Å²) in [5, 5.41) is 3.36. The number of Topliss-reactive ketones (excluding diaryl/α,β-unsaturated/α-hetero) is 1. The van der Waals surface area contributed by atoms with Crippen molar-refractivity contribution in [3.05, 3.63) is 34.9 Å². The van der Waals surface area contributed by atoms with Crippen molar-refractivity contribution in [2.24, 2.45) is 5.41 Å². The molecule has 1 aromatic carbocycles. The maximum Gasteiger partial charge on any atom is 0.144 e. The molecule has 0 bridgehead atoms. The Morgan fingerprint density at radius 3 is 2.89 bits per heavy atom. The van der Waals surface area contributed by atoms with Gasteiger partial charge in [-0.3, -0.25) is 4.79 Å². The van der Waals surface area contributed by atoms with E-state index in [1.54, 1.807) is 0 Å². The molecule has 0 aromatic heterocycles. The van der Waals surface area contributed by atoms with E-state index in [4.69, 9.17) is 0 Å². The number of carbonyl (C=O) groups excluding carboxylic acids is 1. The Hall–Kier alpha value is -1.15. The number of aryl methyl sites for hydroxylation is 2. The van der Waals surface area contributed by atoms with E-state index in [1.165, 1.54) is 36.0 Å². The molecule has 19 heavy (non-hydrogen) atoms. The Morgan fingerprint density at radius 1 is 1.26 bits per heavy atom. The van der Waals surface area contributed by atoms with Crippen LogP contribution >= 0.6 is 0 Å². The summed E-state index contributed by atoms with van der Waals surface area (Å²) in [7, 11) is 0. The molecule has 0 spiro atoms. The number of carbonyl (C=O) groups is 1. The molecular formula is C17H23NO. The minimum atomic E-state index is -0.155. The Bertz CT molecular complexity index is 486. The molecule has 1 saturated heterocycles. The molecular weight excluding hydrogens is 234 g/mol. The lowest BCUT2D eigenvalue weighted by Crippen LogP contribution is -2.44. The molecule has 1 aliphatic carbocycles. The zero-order valence-electron chi connectivity index (χ0n) is 11.8. The van der Waals surface area contributed by atoms with Crippen molar-refractivity contribution < 1.29 is 4.79 Å². The summed E-state index contributed by atoms with van der Waals surface area (Å²) in [6.07, 6.45) is 6.43. The third-order valence-electron chi connectivity index (χ3n) is 4.80. The van der Waals surface area contributed by atoms with Gasteiger partial charge in [-0.15, -0.1) is 0 Å². The van der Waals surface area contributed by atoms with Crippen LogP contribution in [0.1, 0.15) is 42.9 Å². The Morgan fingerprint density at radius 2 is 2.11 bits per heavy atom. The highest BCUT2D eigenvalue weighted by molar-refractivity contribution is 5.86. The van der Waals surface area contributed by atoms with Crippen molar-refractivity contribution in [2.75, 3.05) is 13.1 Å². The van der Waals surface area contributed by atoms with E-state index in [0.29, 0.717) is 12.2 Å². The first kappa shape index (κ1) is 12.9. The summed E-state index contributed by atoms with van der Waals surface area (Å²) >= 11 is 0. The van der Waals surface area contributed by atoms with E-state index in [-0.39, 0.29) is 5.41 Å². The maximum atomic E-state index is 12.5. The van der Waals surface area contributed by atoms with E-state index in [9.17, 15) is 4.79 Å². The zero-order chi connectivity index (χ0) is 13.3. The Balaban J connectivity index is 1.72. The fraction of sp³-hybridized carbons (Fsp3) is 0.588. The molecule has 1 N–H and O–H groups in total. The molecule has 0 radical (unpaired) electrons. The summed E-state index contributed by atoms with van der Waals surface area (Å²) in [5.41, 5.74) is 4.01. The van der Waals surface area contributed by atoms with Crippen LogP contribution in [0.25, 0.3) is 0 Å². The lowest BCUT2D eigenvalue weighted by atomic mass is 9.77. The van der Waals surface area contributed by atoms with Gasteiger partial charge < -0.3 is 5.32 Å². The molecule has 0 saturated carbocycles. The number of rotatable bonds is 3. The second-order valence-corrected chi connectivity index (χ2v) is 6.40. The van der Waals surface area contributed by atoms with Gasteiger partial charge in [-0.2, -0.15) is 0 Å². The summed E-state index contributed by atoms with van der Waals surface area (Å²) in [5.74, 6) is 0.401. The largest absolute Gasteiger partial charge is 0.316 e. The second-order valence-electron chi connectivity index (χ2n) is 6.40. The van der Waals surface area contributed by atoms with Gasteiger partial charge in [-0.1, -0.05) is 25.1 Å². The number of ketones is 1. The van der Waals surface area contributed by atoms with Crippen LogP contribution in [0, 0.1) is 5.41 Å². The van der Waals surface area contributed by atoms with Crippen LogP contribution in [0.2, 0.25) is 0 Å². The minimum absolute atomic E-state index is 0.155. The number of hydrogen-bond donors (Lipinski definition) is 1. The van der Waals surface area contributed by atoms with Gasteiger partial charge in [-0.25, -0.2) is 0 Å². The van der Waals surface area contributed by atoms with Gasteiger partial charge in [0.05, 0.1) is 0 Å². The van der Waals surface area contributed by atoms with E-state index in [1.807, 2.05) is 0 Å². The molecule has 2 nitrogen and oxygen atoms in total. The highest BCUT2D eigenvalue weighted by atomic mass is 16.1. The molecule has 1 unspecified atom stereocenters. The van der Waals surface area contributed by atoms with Crippen molar-refractivity contribution >= 4 is 5.78 Å². The quantitative estimate of drug-likeness (QED) is 0.902. The van der Waals surface area contributed by atoms with Crippen LogP contribution in [0.15, 0.2) is 18.2 Å². The average molecular weight is 257 g/mol. The van der Waals surface area contributed by atoms with Gasteiger partial charge in [0.25, 0.3) is 0 Å². The minimum Gasteiger partial charge on any atom is -0.316 e.